The molecule has 1 aromatic carbocycles. The molecule has 2 N–H and O–H groups in total. The summed E-state index contributed by atoms with van der Waals surface area (Å²) in [4.78, 5) is 34.6. The Bertz CT molecular complexity index is 588. The van der Waals surface area contributed by atoms with Gasteiger partial charge in [-0.3, -0.25) is 10.1 Å². The Balaban J connectivity index is 2.65. The van der Waals surface area contributed by atoms with E-state index < -0.39 is 24.5 Å². The molecule has 0 atom stereocenters. The van der Waals surface area contributed by atoms with Crippen molar-refractivity contribution < 1.29 is 28.6 Å². The normalized spacial score (nSPS) is 9.79. The quantitative estimate of drug-likeness (QED) is 0.696. The van der Waals surface area contributed by atoms with E-state index in [-0.39, 0.29) is 5.56 Å². The van der Waals surface area contributed by atoms with Crippen molar-refractivity contribution in [1.29, 1.82) is 0 Å². The van der Waals surface area contributed by atoms with Crippen molar-refractivity contribution in [3.05, 3.63) is 23.8 Å². The van der Waals surface area contributed by atoms with Crippen LogP contribution in [-0.4, -0.2) is 44.3 Å². The average molecular weight is 338 g/mol. The van der Waals surface area contributed by atoms with Crippen molar-refractivity contribution in [2.24, 2.45) is 0 Å². The number of imide groups is 1. The molecule has 0 aliphatic heterocycles. The number of carbonyl (C=O) groups is 3. The molecule has 0 radical (unpaired) electrons. The number of benzene rings is 1. The zero-order valence-corrected chi connectivity index (χ0v) is 14.0. The Kier molecular flexibility index (Phi) is 8.10. The summed E-state index contributed by atoms with van der Waals surface area (Å²) in [5.74, 6) is -0.485. The predicted octanol–water partition coefficient (Wildman–Crippen LogP) is 1.49. The number of ether oxygens (including phenoxy) is 3. The lowest BCUT2D eigenvalue weighted by molar-refractivity contribution is -0.123. The summed E-state index contributed by atoms with van der Waals surface area (Å²) in [5.41, 5.74) is 0.215. The predicted molar refractivity (Wildman–Crippen MR) is 86.3 cm³/mol. The summed E-state index contributed by atoms with van der Waals surface area (Å²) in [6.07, 6.45) is 0. The molecule has 0 aliphatic rings. The Morgan fingerprint density at radius 1 is 1.00 bits per heavy atom. The fourth-order valence-corrected chi connectivity index (χ4v) is 1.76. The molecule has 0 fully saturated rings. The second-order valence-corrected chi connectivity index (χ2v) is 4.51. The minimum atomic E-state index is -0.717. The molecule has 3 amide bonds. The third-order valence-corrected chi connectivity index (χ3v) is 2.70. The molecule has 0 unspecified atom stereocenters. The molecule has 1 aromatic rings. The monoisotopic (exact) mass is 338 g/mol. The van der Waals surface area contributed by atoms with E-state index in [4.69, 9.17) is 14.2 Å². The van der Waals surface area contributed by atoms with Gasteiger partial charge >= 0.3 is 12.0 Å². The van der Waals surface area contributed by atoms with E-state index in [1.54, 1.807) is 13.0 Å². The zero-order chi connectivity index (χ0) is 17.9. The second kappa shape index (κ2) is 10.1. The van der Waals surface area contributed by atoms with Crippen LogP contribution >= 0.6 is 0 Å². The minimum Gasteiger partial charge on any atom is -0.490 e. The zero-order valence-electron chi connectivity index (χ0n) is 14.0. The summed E-state index contributed by atoms with van der Waals surface area (Å²) in [6.45, 7) is 6.05. The number of carbonyl (C=O) groups excluding carboxylic acids is 3. The summed E-state index contributed by atoms with van der Waals surface area (Å²) >= 11 is 0. The van der Waals surface area contributed by atoms with E-state index >= 15 is 0 Å². The van der Waals surface area contributed by atoms with Crippen LogP contribution in [0.2, 0.25) is 0 Å². The highest BCUT2D eigenvalue weighted by molar-refractivity contribution is 5.97. The third kappa shape index (κ3) is 6.15. The van der Waals surface area contributed by atoms with Gasteiger partial charge in [0, 0.05) is 6.54 Å². The Morgan fingerprint density at radius 2 is 1.67 bits per heavy atom. The van der Waals surface area contributed by atoms with E-state index in [0.717, 1.165) is 0 Å². The van der Waals surface area contributed by atoms with Gasteiger partial charge in [-0.25, -0.2) is 9.59 Å². The standard InChI is InChI=1S/C16H22N2O6/c1-4-17-16(21)18-14(19)10-24-15(20)11-7-8-12(22-5-2)13(9-11)23-6-3/h7-9H,4-6,10H2,1-3H3,(H2,17,18,19,21). The van der Waals surface area contributed by atoms with Gasteiger partial charge in [0.25, 0.3) is 5.91 Å². The topological polar surface area (TPSA) is 103 Å². The third-order valence-electron chi connectivity index (χ3n) is 2.70. The minimum absolute atomic E-state index is 0.215. The number of urea groups is 1. The van der Waals surface area contributed by atoms with Crippen molar-refractivity contribution in [2.75, 3.05) is 26.4 Å². The first kappa shape index (κ1) is 19.3. The first-order valence-electron chi connectivity index (χ1n) is 7.66. The lowest BCUT2D eigenvalue weighted by atomic mass is 10.2. The largest absolute Gasteiger partial charge is 0.490 e. The van der Waals surface area contributed by atoms with E-state index in [1.807, 2.05) is 19.2 Å². The fraction of sp³-hybridized carbons (Fsp3) is 0.438. The van der Waals surface area contributed by atoms with Gasteiger partial charge < -0.3 is 19.5 Å². The number of esters is 1. The smallest absolute Gasteiger partial charge is 0.338 e. The van der Waals surface area contributed by atoms with Gasteiger partial charge in [0.2, 0.25) is 0 Å². The molecule has 0 heterocycles. The second-order valence-electron chi connectivity index (χ2n) is 4.51. The number of rotatable bonds is 8. The highest BCUT2D eigenvalue weighted by Gasteiger charge is 2.15. The van der Waals surface area contributed by atoms with Crippen LogP contribution in [-0.2, 0) is 9.53 Å². The van der Waals surface area contributed by atoms with Gasteiger partial charge in [0.15, 0.2) is 18.1 Å². The fourth-order valence-electron chi connectivity index (χ4n) is 1.76. The molecule has 0 saturated carbocycles. The Hall–Kier alpha value is -2.77. The molecule has 8 nitrogen and oxygen atoms in total. The maximum Gasteiger partial charge on any atom is 0.338 e. The lowest BCUT2D eigenvalue weighted by Gasteiger charge is -2.12. The molecule has 0 spiro atoms. The molecule has 0 bridgehead atoms. The van der Waals surface area contributed by atoms with Gasteiger partial charge in [0.05, 0.1) is 18.8 Å². The molecule has 0 aliphatic carbocycles. The number of nitrogens with one attached hydrogen (secondary N) is 2. The van der Waals surface area contributed by atoms with Gasteiger partial charge in [-0.1, -0.05) is 0 Å². The molecule has 8 heteroatoms. The van der Waals surface area contributed by atoms with Gasteiger partial charge in [-0.15, -0.1) is 0 Å². The maximum atomic E-state index is 12.0. The average Bonchev–Trinajstić information content (AvgIpc) is 2.55. The molecular formula is C16H22N2O6. The molecular weight excluding hydrogens is 316 g/mol. The van der Waals surface area contributed by atoms with Crippen LogP contribution in [0.4, 0.5) is 4.79 Å². The van der Waals surface area contributed by atoms with Crippen molar-refractivity contribution in [3.63, 3.8) is 0 Å². The van der Waals surface area contributed by atoms with Gasteiger partial charge in [-0.2, -0.15) is 0 Å². The molecule has 0 saturated heterocycles. The van der Waals surface area contributed by atoms with Gasteiger partial charge in [0.1, 0.15) is 0 Å². The summed E-state index contributed by atoms with van der Waals surface area (Å²) < 4.78 is 15.7. The van der Waals surface area contributed by atoms with Crippen LogP contribution in [0.15, 0.2) is 18.2 Å². The number of amides is 3. The van der Waals surface area contributed by atoms with E-state index in [2.05, 4.69) is 5.32 Å². The first-order chi connectivity index (χ1) is 11.5. The molecule has 132 valence electrons. The lowest BCUT2D eigenvalue weighted by Crippen LogP contribution is -2.41. The maximum absolute atomic E-state index is 12.0. The van der Waals surface area contributed by atoms with Crippen LogP contribution in [0.1, 0.15) is 31.1 Å². The van der Waals surface area contributed by atoms with Gasteiger partial charge in [-0.05, 0) is 39.0 Å². The van der Waals surface area contributed by atoms with Crippen LogP contribution in [0.5, 0.6) is 11.5 Å². The molecule has 24 heavy (non-hydrogen) atoms. The van der Waals surface area contributed by atoms with Crippen molar-refractivity contribution in [3.8, 4) is 11.5 Å². The van der Waals surface area contributed by atoms with Crippen LogP contribution in [0.3, 0.4) is 0 Å². The van der Waals surface area contributed by atoms with E-state index in [0.29, 0.717) is 31.3 Å². The van der Waals surface area contributed by atoms with Crippen molar-refractivity contribution >= 4 is 17.9 Å². The van der Waals surface area contributed by atoms with Crippen molar-refractivity contribution in [2.45, 2.75) is 20.8 Å². The molecule has 1 rings (SSSR count). The highest BCUT2D eigenvalue weighted by Crippen LogP contribution is 2.28. The van der Waals surface area contributed by atoms with Crippen LogP contribution < -0.4 is 20.1 Å². The molecule has 0 aromatic heterocycles. The Labute approximate surface area is 140 Å². The van der Waals surface area contributed by atoms with Crippen LogP contribution in [0, 0.1) is 0 Å². The summed E-state index contributed by atoms with van der Waals surface area (Å²) in [6, 6.07) is 3.95. The van der Waals surface area contributed by atoms with E-state index in [1.165, 1.54) is 12.1 Å². The van der Waals surface area contributed by atoms with E-state index in [9.17, 15) is 14.4 Å². The van der Waals surface area contributed by atoms with Crippen molar-refractivity contribution in [1.82, 2.24) is 10.6 Å². The first-order valence-corrected chi connectivity index (χ1v) is 7.66. The highest BCUT2D eigenvalue weighted by atomic mass is 16.5. The van der Waals surface area contributed by atoms with Crippen LogP contribution in [0.25, 0.3) is 0 Å². The SMILES string of the molecule is CCNC(=O)NC(=O)COC(=O)c1ccc(OCC)c(OCC)c1. The Morgan fingerprint density at radius 3 is 2.29 bits per heavy atom. The number of hydrogen-bond acceptors (Lipinski definition) is 6. The number of hydrogen-bond donors (Lipinski definition) is 2. The summed E-state index contributed by atoms with van der Waals surface area (Å²) in [5, 5.41) is 4.43. The summed E-state index contributed by atoms with van der Waals surface area (Å²) in [7, 11) is 0.